The highest BCUT2D eigenvalue weighted by molar-refractivity contribution is 9.10. The zero-order valence-electron chi connectivity index (χ0n) is 11.3. The molecular weight excluding hydrogens is 391 g/mol. The zero-order valence-corrected chi connectivity index (χ0v) is 14.5. The fourth-order valence-electron chi connectivity index (χ4n) is 1.68. The van der Waals surface area contributed by atoms with Crippen molar-refractivity contribution in [2.24, 2.45) is 0 Å². The molecule has 0 radical (unpaired) electrons. The lowest BCUT2D eigenvalue weighted by Crippen LogP contribution is -2.14. The highest BCUT2D eigenvalue weighted by atomic mass is 79.9. The van der Waals surface area contributed by atoms with E-state index in [1.165, 1.54) is 24.3 Å². The van der Waals surface area contributed by atoms with Gasteiger partial charge in [0.05, 0.1) is 10.6 Å². The summed E-state index contributed by atoms with van der Waals surface area (Å²) in [5, 5.41) is 10.4. The average Bonchev–Trinajstić information content (AvgIpc) is 2.45. The van der Waals surface area contributed by atoms with Crippen molar-refractivity contribution in [2.75, 3.05) is 4.72 Å². The molecule has 0 saturated heterocycles. The van der Waals surface area contributed by atoms with Crippen LogP contribution in [0.3, 0.4) is 0 Å². The SMILES string of the molecule is Cc1cc(S(=O)(=O)Nc2ccc(SC#N)cc2F)ccc1Br. The molecule has 0 aliphatic carbocycles. The van der Waals surface area contributed by atoms with Gasteiger partial charge >= 0.3 is 0 Å². The number of hydrogen-bond donors (Lipinski definition) is 1. The third kappa shape index (κ3) is 3.80. The third-order valence-electron chi connectivity index (χ3n) is 2.79. The molecule has 0 fully saturated rings. The average molecular weight is 401 g/mol. The number of benzene rings is 2. The summed E-state index contributed by atoms with van der Waals surface area (Å²) in [5.74, 6) is -0.738. The highest BCUT2D eigenvalue weighted by Gasteiger charge is 2.17. The quantitative estimate of drug-likeness (QED) is 0.614. The molecule has 22 heavy (non-hydrogen) atoms. The standard InChI is InChI=1S/C14H10BrFN2O2S2/c1-9-6-11(3-4-12(9)15)22(19,20)18-14-5-2-10(21-8-17)7-13(14)16/h2-7,18H,1H3. The molecule has 0 spiro atoms. The Morgan fingerprint density at radius 3 is 2.59 bits per heavy atom. The molecule has 8 heteroatoms. The molecule has 0 aliphatic heterocycles. The van der Waals surface area contributed by atoms with Crippen molar-refractivity contribution in [1.82, 2.24) is 0 Å². The predicted molar refractivity (Wildman–Crippen MR) is 87.6 cm³/mol. The highest BCUT2D eigenvalue weighted by Crippen LogP contribution is 2.26. The molecular formula is C14H10BrFN2O2S2. The van der Waals surface area contributed by atoms with E-state index < -0.39 is 15.8 Å². The first-order valence-corrected chi connectivity index (χ1v) is 9.07. The van der Waals surface area contributed by atoms with E-state index >= 15 is 0 Å². The van der Waals surface area contributed by atoms with E-state index in [0.29, 0.717) is 4.90 Å². The van der Waals surface area contributed by atoms with Crippen molar-refractivity contribution < 1.29 is 12.8 Å². The number of hydrogen-bond acceptors (Lipinski definition) is 4. The van der Waals surface area contributed by atoms with Crippen LogP contribution in [0.25, 0.3) is 0 Å². The van der Waals surface area contributed by atoms with E-state index in [1.54, 1.807) is 13.0 Å². The van der Waals surface area contributed by atoms with E-state index in [9.17, 15) is 12.8 Å². The molecule has 0 amide bonds. The van der Waals surface area contributed by atoms with Gasteiger partial charge in [0.15, 0.2) is 0 Å². The number of sulfonamides is 1. The molecule has 4 nitrogen and oxygen atoms in total. The first kappa shape index (κ1) is 16.8. The number of rotatable bonds is 4. The Morgan fingerprint density at radius 1 is 1.27 bits per heavy atom. The van der Waals surface area contributed by atoms with Crippen molar-refractivity contribution >= 4 is 43.4 Å². The minimum absolute atomic E-state index is 0.0445. The molecule has 0 aliphatic rings. The van der Waals surface area contributed by atoms with Gasteiger partial charge in [-0.15, -0.1) is 0 Å². The van der Waals surface area contributed by atoms with E-state index in [-0.39, 0.29) is 10.6 Å². The Labute approximate surface area is 140 Å². The molecule has 2 rings (SSSR count). The normalized spacial score (nSPS) is 11.0. The number of anilines is 1. The van der Waals surface area contributed by atoms with Gasteiger partial charge in [-0.2, -0.15) is 5.26 Å². The monoisotopic (exact) mass is 400 g/mol. The zero-order chi connectivity index (χ0) is 16.3. The number of nitriles is 1. The molecule has 114 valence electrons. The first-order valence-electron chi connectivity index (χ1n) is 5.98. The van der Waals surface area contributed by atoms with E-state index in [2.05, 4.69) is 20.7 Å². The molecule has 2 aromatic carbocycles. The summed E-state index contributed by atoms with van der Waals surface area (Å²) in [4.78, 5) is 0.450. The molecule has 0 aromatic heterocycles. The predicted octanol–water partition coefficient (Wildman–Crippen LogP) is 4.27. The van der Waals surface area contributed by atoms with Gasteiger partial charge in [-0.1, -0.05) is 15.9 Å². The number of thiocyanates is 1. The maximum Gasteiger partial charge on any atom is 0.261 e. The summed E-state index contributed by atoms with van der Waals surface area (Å²) >= 11 is 4.09. The van der Waals surface area contributed by atoms with Gasteiger partial charge in [-0.05, 0) is 60.6 Å². The smallest absolute Gasteiger partial charge is 0.261 e. The number of thioether (sulfide) groups is 1. The van der Waals surface area contributed by atoms with Gasteiger partial charge in [0, 0.05) is 9.37 Å². The van der Waals surface area contributed by atoms with Crippen molar-refractivity contribution in [2.45, 2.75) is 16.7 Å². The fourth-order valence-corrected chi connectivity index (χ4v) is 3.49. The Bertz CT molecular complexity index is 864. The van der Waals surface area contributed by atoms with Gasteiger partial charge in [0.25, 0.3) is 10.0 Å². The lowest BCUT2D eigenvalue weighted by atomic mass is 10.2. The summed E-state index contributed by atoms with van der Waals surface area (Å²) in [6.45, 7) is 1.76. The molecule has 0 bridgehead atoms. The van der Waals surface area contributed by atoms with E-state index in [1.807, 2.05) is 5.40 Å². The molecule has 0 atom stereocenters. The molecule has 0 saturated carbocycles. The first-order chi connectivity index (χ1) is 10.3. The minimum Gasteiger partial charge on any atom is -0.277 e. The van der Waals surface area contributed by atoms with Crippen molar-refractivity contribution in [3.63, 3.8) is 0 Å². The Hall–Kier alpha value is -1.56. The maximum absolute atomic E-state index is 13.9. The van der Waals surface area contributed by atoms with Gasteiger partial charge in [-0.3, -0.25) is 4.72 Å². The van der Waals surface area contributed by atoms with Crippen LogP contribution in [0.1, 0.15) is 5.56 Å². The number of halogens is 2. The second-order valence-electron chi connectivity index (χ2n) is 4.35. The second kappa shape index (κ2) is 6.69. The van der Waals surface area contributed by atoms with Crippen LogP contribution in [0, 0.1) is 23.4 Å². The van der Waals surface area contributed by atoms with Crippen LogP contribution in [-0.2, 0) is 10.0 Å². The Morgan fingerprint density at radius 2 is 2.00 bits per heavy atom. The van der Waals surface area contributed by atoms with Crippen LogP contribution in [0.2, 0.25) is 0 Å². The van der Waals surface area contributed by atoms with Crippen LogP contribution < -0.4 is 4.72 Å². The van der Waals surface area contributed by atoms with Crippen LogP contribution in [-0.4, -0.2) is 8.42 Å². The van der Waals surface area contributed by atoms with Gasteiger partial charge in [0.1, 0.15) is 11.2 Å². The summed E-state index contributed by atoms with van der Waals surface area (Å²) in [7, 11) is -3.88. The topological polar surface area (TPSA) is 70.0 Å². The van der Waals surface area contributed by atoms with Crippen molar-refractivity contribution in [3.8, 4) is 5.40 Å². The maximum atomic E-state index is 13.9. The second-order valence-corrected chi connectivity index (χ2v) is 7.75. The minimum atomic E-state index is -3.88. The Kier molecular flexibility index (Phi) is 5.11. The van der Waals surface area contributed by atoms with Gasteiger partial charge < -0.3 is 0 Å². The summed E-state index contributed by atoms with van der Waals surface area (Å²) in [6, 6.07) is 8.41. The summed E-state index contributed by atoms with van der Waals surface area (Å²) in [5.41, 5.74) is 0.590. The lowest BCUT2D eigenvalue weighted by Gasteiger charge is -2.10. The number of aryl methyl sites for hydroxylation is 1. The molecule has 2 aromatic rings. The molecule has 0 unspecified atom stereocenters. The van der Waals surface area contributed by atoms with Crippen LogP contribution >= 0.6 is 27.7 Å². The number of nitrogens with zero attached hydrogens (tertiary/aromatic N) is 1. The van der Waals surface area contributed by atoms with Crippen molar-refractivity contribution in [1.29, 1.82) is 5.26 Å². The Balaban J connectivity index is 2.32. The summed E-state index contributed by atoms with van der Waals surface area (Å²) in [6.07, 6.45) is 0. The van der Waals surface area contributed by atoms with Crippen molar-refractivity contribution in [3.05, 3.63) is 52.3 Å². The largest absolute Gasteiger partial charge is 0.277 e. The number of nitrogens with one attached hydrogen (secondary N) is 1. The van der Waals surface area contributed by atoms with Gasteiger partial charge in [-0.25, -0.2) is 12.8 Å². The van der Waals surface area contributed by atoms with Gasteiger partial charge in [0.2, 0.25) is 0 Å². The molecule has 1 N–H and O–H groups in total. The fraction of sp³-hybridized carbons (Fsp3) is 0.0714. The third-order valence-corrected chi connectivity index (χ3v) is 5.62. The van der Waals surface area contributed by atoms with E-state index in [4.69, 9.17) is 5.26 Å². The van der Waals surface area contributed by atoms with Crippen LogP contribution in [0.5, 0.6) is 0 Å². The van der Waals surface area contributed by atoms with Crippen LogP contribution in [0.4, 0.5) is 10.1 Å². The van der Waals surface area contributed by atoms with E-state index in [0.717, 1.165) is 27.9 Å². The lowest BCUT2D eigenvalue weighted by molar-refractivity contribution is 0.598. The summed E-state index contributed by atoms with van der Waals surface area (Å²) < 4.78 is 41.5. The van der Waals surface area contributed by atoms with Crippen LogP contribution in [0.15, 0.2) is 50.7 Å². The molecule has 0 heterocycles.